The molecule has 7 nitrogen and oxygen atoms in total. The predicted molar refractivity (Wildman–Crippen MR) is 63.3 cm³/mol. The molecular formula is C11H15N3O4. The standard InChI is InChI=1S/C11H15N3O4/c1-11(2,10(16)17)6-12-8-5-4-7(13-14-8)9(15)18-3/h4-5H,6H2,1-3H3,(H,12,14)(H,16,17). The molecule has 7 heteroatoms. The number of aliphatic carboxylic acids is 1. The zero-order valence-electron chi connectivity index (χ0n) is 10.4. The minimum atomic E-state index is -0.914. The molecule has 0 amide bonds. The summed E-state index contributed by atoms with van der Waals surface area (Å²) in [5, 5.41) is 19.2. The maximum absolute atomic E-state index is 11.1. The van der Waals surface area contributed by atoms with Crippen molar-refractivity contribution in [2.75, 3.05) is 19.0 Å². The summed E-state index contributed by atoms with van der Waals surface area (Å²) in [6, 6.07) is 2.99. The molecule has 0 saturated carbocycles. The van der Waals surface area contributed by atoms with Gasteiger partial charge in [0.25, 0.3) is 0 Å². The van der Waals surface area contributed by atoms with Crippen molar-refractivity contribution >= 4 is 17.8 Å². The van der Waals surface area contributed by atoms with Crippen LogP contribution in [0.5, 0.6) is 0 Å². The molecule has 1 aromatic rings. The molecule has 1 aromatic heterocycles. The van der Waals surface area contributed by atoms with Gasteiger partial charge in [0.2, 0.25) is 0 Å². The van der Waals surface area contributed by atoms with Gasteiger partial charge in [-0.15, -0.1) is 10.2 Å². The van der Waals surface area contributed by atoms with E-state index >= 15 is 0 Å². The monoisotopic (exact) mass is 253 g/mol. The van der Waals surface area contributed by atoms with Crippen molar-refractivity contribution in [3.63, 3.8) is 0 Å². The van der Waals surface area contributed by atoms with E-state index in [1.54, 1.807) is 13.8 Å². The van der Waals surface area contributed by atoms with E-state index in [-0.39, 0.29) is 12.2 Å². The lowest BCUT2D eigenvalue weighted by Gasteiger charge is -2.19. The third kappa shape index (κ3) is 3.41. The van der Waals surface area contributed by atoms with Crippen LogP contribution in [0.15, 0.2) is 12.1 Å². The lowest BCUT2D eigenvalue weighted by Crippen LogP contribution is -2.32. The molecule has 0 aliphatic heterocycles. The molecule has 0 radical (unpaired) electrons. The fourth-order valence-electron chi connectivity index (χ4n) is 1.03. The minimum absolute atomic E-state index is 0.0977. The number of anilines is 1. The summed E-state index contributed by atoms with van der Waals surface area (Å²) in [4.78, 5) is 22.0. The van der Waals surface area contributed by atoms with E-state index in [0.29, 0.717) is 5.82 Å². The summed E-state index contributed by atoms with van der Waals surface area (Å²) in [6.45, 7) is 3.39. The van der Waals surface area contributed by atoms with Crippen molar-refractivity contribution in [1.29, 1.82) is 0 Å². The summed E-state index contributed by atoms with van der Waals surface area (Å²) in [5.41, 5.74) is -0.816. The van der Waals surface area contributed by atoms with Gasteiger partial charge in [0.15, 0.2) is 5.69 Å². The van der Waals surface area contributed by atoms with Crippen LogP contribution in [-0.2, 0) is 9.53 Å². The molecule has 1 heterocycles. The number of carboxylic acid groups (broad SMARTS) is 1. The number of hydrogen-bond donors (Lipinski definition) is 2. The number of esters is 1. The normalized spacial score (nSPS) is 10.8. The number of aromatic nitrogens is 2. The second-order valence-electron chi connectivity index (χ2n) is 4.34. The lowest BCUT2D eigenvalue weighted by atomic mass is 9.94. The number of carbonyl (C=O) groups is 2. The maximum atomic E-state index is 11.1. The highest BCUT2D eigenvalue weighted by molar-refractivity contribution is 5.86. The quantitative estimate of drug-likeness (QED) is 0.748. The van der Waals surface area contributed by atoms with Crippen LogP contribution in [-0.4, -0.2) is 40.9 Å². The maximum Gasteiger partial charge on any atom is 0.358 e. The van der Waals surface area contributed by atoms with Gasteiger partial charge in [0.05, 0.1) is 12.5 Å². The number of carboxylic acids is 1. The van der Waals surface area contributed by atoms with Crippen molar-refractivity contribution in [3.8, 4) is 0 Å². The Morgan fingerprint density at radius 3 is 2.50 bits per heavy atom. The fraction of sp³-hybridized carbons (Fsp3) is 0.455. The van der Waals surface area contributed by atoms with E-state index in [4.69, 9.17) is 5.11 Å². The Balaban J connectivity index is 2.65. The van der Waals surface area contributed by atoms with Crippen molar-refractivity contribution in [1.82, 2.24) is 10.2 Å². The van der Waals surface area contributed by atoms with Crippen molar-refractivity contribution in [2.24, 2.45) is 5.41 Å². The first-order chi connectivity index (χ1) is 8.36. The Morgan fingerprint density at radius 1 is 1.39 bits per heavy atom. The van der Waals surface area contributed by atoms with Gasteiger partial charge in [-0.1, -0.05) is 0 Å². The molecular weight excluding hydrogens is 238 g/mol. The van der Waals surface area contributed by atoms with Crippen LogP contribution in [0.1, 0.15) is 24.3 Å². The highest BCUT2D eigenvalue weighted by Gasteiger charge is 2.26. The Kier molecular flexibility index (Phi) is 4.19. The number of nitrogens with zero attached hydrogens (tertiary/aromatic N) is 2. The first kappa shape index (κ1) is 13.9. The van der Waals surface area contributed by atoms with Crippen LogP contribution >= 0.6 is 0 Å². The van der Waals surface area contributed by atoms with Crippen LogP contribution in [0, 0.1) is 5.41 Å². The summed E-state index contributed by atoms with van der Waals surface area (Å²) < 4.78 is 4.48. The molecule has 0 aromatic carbocycles. The first-order valence-corrected chi connectivity index (χ1v) is 5.26. The van der Waals surface area contributed by atoms with Crippen LogP contribution in [0.2, 0.25) is 0 Å². The van der Waals surface area contributed by atoms with E-state index in [0.717, 1.165) is 0 Å². The average Bonchev–Trinajstić information content (AvgIpc) is 2.36. The predicted octanol–water partition coefficient (Wildman–Crippen LogP) is 0.786. The zero-order valence-corrected chi connectivity index (χ0v) is 10.4. The van der Waals surface area contributed by atoms with Gasteiger partial charge < -0.3 is 15.2 Å². The third-order valence-electron chi connectivity index (χ3n) is 2.35. The topological polar surface area (TPSA) is 101 Å². The largest absolute Gasteiger partial charge is 0.481 e. The van der Waals surface area contributed by atoms with E-state index in [9.17, 15) is 9.59 Å². The van der Waals surface area contributed by atoms with Gasteiger partial charge in [-0.2, -0.15) is 0 Å². The molecule has 0 spiro atoms. The smallest absolute Gasteiger partial charge is 0.358 e. The number of hydrogen-bond acceptors (Lipinski definition) is 6. The second-order valence-corrected chi connectivity index (χ2v) is 4.34. The molecule has 2 N–H and O–H groups in total. The van der Waals surface area contributed by atoms with E-state index in [1.165, 1.54) is 19.2 Å². The van der Waals surface area contributed by atoms with Crippen LogP contribution in [0.4, 0.5) is 5.82 Å². The summed E-state index contributed by atoms with van der Waals surface area (Å²) in [6.07, 6.45) is 0. The van der Waals surface area contributed by atoms with Crippen molar-refractivity contribution in [2.45, 2.75) is 13.8 Å². The SMILES string of the molecule is COC(=O)c1ccc(NCC(C)(C)C(=O)O)nn1. The van der Waals surface area contributed by atoms with Gasteiger partial charge in [-0.25, -0.2) is 4.79 Å². The van der Waals surface area contributed by atoms with Gasteiger partial charge >= 0.3 is 11.9 Å². The number of methoxy groups -OCH3 is 1. The van der Waals surface area contributed by atoms with Crippen LogP contribution in [0.3, 0.4) is 0 Å². The Hall–Kier alpha value is -2.18. The third-order valence-corrected chi connectivity index (χ3v) is 2.35. The molecule has 98 valence electrons. The van der Waals surface area contributed by atoms with E-state index in [1.807, 2.05) is 0 Å². The van der Waals surface area contributed by atoms with Gasteiger partial charge in [-0.3, -0.25) is 4.79 Å². The fourth-order valence-corrected chi connectivity index (χ4v) is 1.03. The zero-order chi connectivity index (χ0) is 13.8. The molecule has 1 rings (SSSR count). The Labute approximate surface area is 104 Å². The first-order valence-electron chi connectivity index (χ1n) is 5.26. The van der Waals surface area contributed by atoms with E-state index < -0.39 is 17.4 Å². The highest BCUT2D eigenvalue weighted by Crippen LogP contribution is 2.15. The highest BCUT2D eigenvalue weighted by atomic mass is 16.5. The second kappa shape index (κ2) is 5.44. The van der Waals surface area contributed by atoms with Crippen LogP contribution < -0.4 is 5.32 Å². The number of nitrogens with one attached hydrogen (secondary N) is 1. The number of rotatable bonds is 5. The molecule has 0 aliphatic carbocycles. The van der Waals surface area contributed by atoms with Gasteiger partial charge in [-0.05, 0) is 26.0 Å². The molecule has 0 atom stereocenters. The van der Waals surface area contributed by atoms with Gasteiger partial charge in [0, 0.05) is 6.54 Å². The van der Waals surface area contributed by atoms with Crippen molar-refractivity contribution < 1.29 is 19.4 Å². The molecule has 0 aliphatic rings. The number of ether oxygens (including phenoxy) is 1. The van der Waals surface area contributed by atoms with Crippen molar-refractivity contribution in [3.05, 3.63) is 17.8 Å². The number of carbonyl (C=O) groups excluding carboxylic acids is 1. The molecule has 18 heavy (non-hydrogen) atoms. The molecule has 0 bridgehead atoms. The lowest BCUT2D eigenvalue weighted by molar-refractivity contribution is -0.146. The Morgan fingerprint density at radius 2 is 2.06 bits per heavy atom. The van der Waals surface area contributed by atoms with Crippen LogP contribution in [0.25, 0.3) is 0 Å². The molecule has 0 unspecified atom stereocenters. The molecule has 0 fully saturated rings. The average molecular weight is 253 g/mol. The minimum Gasteiger partial charge on any atom is -0.481 e. The summed E-state index contributed by atoms with van der Waals surface area (Å²) in [5.74, 6) is -1.08. The summed E-state index contributed by atoms with van der Waals surface area (Å²) in [7, 11) is 1.26. The summed E-state index contributed by atoms with van der Waals surface area (Å²) >= 11 is 0. The molecule has 0 saturated heterocycles. The Bertz CT molecular complexity index is 442. The van der Waals surface area contributed by atoms with Gasteiger partial charge in [0.1, 0.15) is 5.82 Å². The van der Waals surface area contributed by atoms with E-state index in [2.05, 4.69) is 20.3 Å².